The highest BCUT2D eigenvalue weighted by Gasteiger charge is 2.30. The summed E-state index contributed by atoms with van der Waals surface area (Å²) in [5.41, 5.74) is -0.402. The van der Waals surface area contributed by atoms with Crippen molar-refractivity contribution in [3.8, 4) is 5.00 Å². The molecule has 0 spiro atoms. The normalized spacial score (nSPS) is 17.1. The number of aryl methyl sites for hydroxylation is 1. The third-order valence-electron chi connectivity index (χ3n) is 4.68. The number of amides is 1. The molecule has 3 aromatic rings. The molecule has 4 rings (SSSR count). The quantitative estimate of drug-likeness (QED) is 0.648. The van der Waals surface area contributed by atoms with Gasteiger partial charge < -0.3 is 9.47 Å². The van der Waals surface area contributed by atoms with Crippen LogP contribution in [0.3, 0.4) is 0 Å². The predicted octanol–water partition coefficient (Wildman–Crippen LogP) is 0.458. The van der Waals surface area contributed by atoms with Crippen LogP contribution < -0.4 is 5.69 Å². The molecule has 9 nitrogen and oxygen atoms in total. The van der Waals surface area contributed by atoms with Crippen LogP contribution in [0.2, 0.25) is 0 Å². The van der Waals surface area contributed by atoms with Gasteiger partial charge in [-0.3, -0.25) is 4.79 Å². The number of tetrazole rings is 1. The molecule has 0 unspecified atom stereocenters. The van der Waals surface area contributed by atoms with Crippen molar-refractivity contribution in [3.05, 3.63) is 46.2 Å². The van der Waals surface area contributed by atoms with E-state index in [1.54, 1.807) is 12.3 Å². The van der Waals surface area contributed by atoms with Crippen LogP contribution in [-0.4, -0.2) is 52.7 Å². The fourth-order valence-electron chi connectivity index (χ4n) is 3.30. The molecule has 1 saturated heterocycles. The highest BCUT2D eigenvalue weighted by Crippen LogP contribution is 2.21. The Labute approximate surface area is 153 Å². The average Bonchev–Trinajstić information content (AvgIpc) is 3.39. The number of rotatable bonds is 5. The summed E-state index contributed by atoms with van der Waals surface area (Å²) < 4.78 is 4.31. The molecule has 1 aliphatic heterocycles. The van der Waals surface area contributed by atoms with Crippen molar-refractivity contribution in [1.82, 2.24) is 34.2 Å². The number of imidazole rings is 1. The van der Waals surface area contributed by atoms with Crippen LogP contribution in [0.15, 0.2) is 34.7 Å². The molecule has 0 radical (unpaired) electrons. The van der Waals surface area contributed by atoms with Crippen molar-refractivity contribution in [2.24, 2.45) is 7.05 Å². The van der Waals surface area contributed by atoms with Crippen LogP contribution in [0.25, 0.3) is 5.00 Å². The Bertz CT molecular complexity index is 956. The van der Waals surface area contributed by atoms with Gasteiger partial charge in [-0.05, 0) is 40.8 Å². The first kappa shape index (κ1) is 16.7. The summed E-state index contributed by atoms with van der Waals surface area (Å²) >= 11 is 1.39. The lowest BCUT2D eigenvalue weighted by Gasteiger charge is -2.24. The van der Waals surface area contributed by atoms with Gasteiger partial charge in [-0.25, -0.2) is 9.78 Å². The Kier molecular flexibility index (Phi) is 4.41. The van der Waals surface area contributed by atoms with Crippen molar-refractivity contribution in [3.63, 3.8) is 0 Å². The van der Waals surface area contributed by atoms with E-state index < -0.39 is 5.69 Å². The minimum atomic E-state index is -0.402. The lowest BCUT2D eigenvalue weighted by molar-refractivity contribution is -0.132. The van der Waals surface area contributed by atoms with Crippen molar-refractivity contribution in [1.29, 1.82) is 0 Å². The number of hydrogen-bond donors (Lipinski definition) is 0. The summed E-state index contributed by atoms with van der Waals surface area (Å²) in [5.74, 6) is 0.845. The van der Waals surface area contributed by atoms with E-state index in [1.807, 2.05) is 34.2 Å². The van der Waals surface area contributed by atoms with E-state index in [9.17, 15) is 9.59 Å². The summed E-state index contributed by atoms with van der Waals surface area (Å²) in [6.07, 6.45) is 6.27. The summed E-state index contributed by atoms with van der Waals surface area (Å²) in [4.78, 5) is 31.4. The maximum Gasteiger partial charge on any atom is 0.369 e. The molecule has 1 atom stereocenters. The molecule has 10 heteroatoms. The van der Waals surface area contributed by atoms with Crippen LogP contribution in [0, 0.1) is 0 Å². The van der Waals surface area contributed by atoms with Crippen LogP contribution in [0.5, 0.6) is 0 Å². The smallest absolute Gasteiger partial charge is 0.338 e. The lowest BCUT2D eigenvalue weighted by Crippen LogP contribution is -2.41. The number of thiophene rings is 1. The van der Waals surface area contributed by atoms with Gasteiger partial charge >= 0.3 is 5.69 Å². The van der Waals surface area contributed by atoms with Gasteiger partial charge in [-0.2, -0.15) is 9.36 Å². The highest BCUT2D eigenvalue weighted by atomic mass is 32.1. The second-order valence-electron chi connectivity index (χ2n) is 6.32. The van der Waals surface area contributed by atoms with Crippen molar-refractivity contribution in [2.45, 2.75) is 31.8 Å². The first-order chi connectivity index (χ1) is 12.6. The maximum absolute atomic E-state index is 12.8. The Morgan fingerprint density at radius 3 is 3.00 bits per heavy atom. The number of aromatic nitrogens is 6. The van der Waals surface area contributed by atoms with E-state index in [-0.39, 0.29) is 18.5 Å². The fourth-order valence-corrected chi connectivity index (χ4v) is 3.97. The molecule has 136 valence electrons. The number of likely N-dealkylation sites (tertiary alicyclic amines) is 1. The molecular formula is C16H19N7O2S. The van der Waals surface area contributed by atoms with Gasteiger partial charge in [0.15, 0.2) is 0 Å². The maximum atomic E-state index is 12.8. The fraction of sp³-hybridized carbons (Fsp3) is 0.438. The molecule has 1 fully saturated rings. The van der Waals surface area contributed by atoms with Crippen molar-refractivity contribution >= 4 is 17.2 Å². The minimum Gasteiger partial charge on any atom is -0.338 e. The Balaban J connectivity index is 1.48. The summed E-state index contributed by atoms with van der Waals surface area (Å²) in [5, 5.41) is 10.3. The Morgan fingerprint density at radius 1 is 1.38 bits per heavy atom. The SMILES string of the molecule is Cn1ccnc1C[C@H]1CCCN1C(=O)Cn1nnn(-c2cccs2)c1=O. The van der Waals surface area contributed by atoms with Crippen LogP contribution >= 0.6 is 11.3 Å². The minimum absolute atomic E-state index is 0.0960. The summed E-state index contributed by atoms with van der Waals surface area (Å²) in [7, 11) is 1.95. The van der Waals surface area contributed by atoms with Crippen molar-refractivity contribution < 1.29 is 4.79 Å². The summed E-state index contributed by atoms with van der Waals surface area (Å²) in [6, 6.07) is 3.73. The topological polar surface area (TPSA) is 90.8 Å². The molecule has 0 saturated carbocycles. The monoisotopic (exact) mass is 373 g/mol. The first-order valence-electron chi connectivity index (χ1n) is 8.46. The molecule has 0 aromatic carbocycles. The van der Waals surface area contributed by atoms with Gasteiger partial charge in [0.05, 0.1) is 0 Å². The van der Waals surface area contributed by atoms with Gasteiger partial charge in [-0.1, -0.05) is 0 Å². The average molecular weight is 373 g/mol. The van der Waals surface area contributed by atoms with E-state index in [4.69, 9.17) is 0 Å². The van der Waals surface area contributed by atoms with E-state index in [2.05, 4.69) is 15.4 Å². The molecule has 0 aliphatic carbocycles. The predicted molar refractivity (Wildman–Crippen MR) is 95.1 cm³/mol. The van der Waals surface area contributed by atoms with E-state index in [1.165, 1.54) is 16.0 Å². The number of carbonyl (C=O) groups excluding carboxylic acids is 1. The third-order valence-corrected chi connectivity index (χ3v) is 5.52. The molecule has 1 amide bonds. The van der Waals surface area contributed by atoms with Gasteiger partial charge in [-0.15, -0.1) is 11.3 Å². The van der Waals surface area contributed by atoms with Gasteiger partial charge in [0.25, 0.3) is 0 Å². The number of hydrogen-bond acceptors (Lipinski definition) is 6. The molecule has 1 aliphatic rings. The Morgan fingerprint density at radius 2 is 2.27 bits per heavy atom. The molecule has 3 aromatic heterocycles. The van der Waals surface area contributed by atoms with Crippen LogP contribution in [0.4, 0.5) is 0 Å². The van der Waals surface area contributed by atoms with Gasteiger partial charge in [0, 0.05) is 38.4 Å². The molecule has 26 heavy (non-hydrogen) atoms. The zero-order valence-electron chi connectivity index (χ0n) is 14.4. The lowest BCUT2D eigenvalue weighted by atomic mass is 10.1. The second kappa shape index (κ2) is 6.87. The highest BCUT2D eigenvalue weighted by molar-refractivity contribution is 7.12. The standard InChI is InChI=1S/C16H19N7O2S/c1-20-8-6-17-13(20)10-12-4-2-7-21(12)14(24)11-22-16(25)23(19-18-22)15-5-3-9-26-15/h3,5-6,8-9,12H,2,4,7,10-11H2,1H3/t12-/m1/s1. The molecule has 0 bridgehead atoms. The van der Waals surface area contributed by atoms with Crippen LogP contribution in [-0.2, 0) is 24.8 Å². The Hall–Kier alpha value is -2.75. The van der Waals surface area contributed by atoms with E-state index >= 15 is 0 Å². The number of nitrogens with zero attached hydrogens (tertiary/aromatic N) is 7. The number of carbonyl (C=O) groups is 1. The van der Waals surface area contributed by atoms with Gasteiger partial charge in [0.1, 0.15) is 17.4 Å². The zero-order valence-corrected chi connectivity index (χ0v) is 15.2. The summed E-state index contributed by atoms with van der Waals surface area (Å²) in [6.45, 7) is 0.600. The molecule has 0 N–H and O–H groups in total. The largest absolute Gasteiger partial charge is 0.369 e. The van der Waals surface area contributed by atoms with Crippen molar-refractivity contribution in [2.75, 3.05) is 6.54 Å². The third kappa shape index (κ3) is 3.07. The second-order valence-corrected chi connectivity index (χ2v) is 7.25. The van der Waals surface area contributed by atoms with E-state index in [0.717, 1.165) is 23.3 Å². The van der Waals surface area contributed by atoms with Gasteiger partial charge in [0.2, 0.25) is 5.91 Å². The molecule has 4 heterocycles. The zero-order chi connectivity index (χ0) is 18.1. The van der Waals surface area contributed by atoms with E-state index in [0.29, 0.717) is 18.0 Å². The van der Waals surface area contributed by atoms with Crippen LogP contribution in [0.1, 0.15) is 18.7 Å². The molecular weight excluding hydrogens is 354 g/mol. The first-order valence-corrected chi connectivity index (χ1v) is 9.34.